The lowest BCUT2D eigenvalue weighted by atomic mass is 9.97. The molecule has 2 heterocycles. The minimum atomic E-state index is 0.133. The molecule has 6 aromatic carbocycles. The lowest BCUT2D eigenvalue weighted by molar-refractivity contribution is -0.572. The maximum atomic E-state index is 5.19. The van der Waals surface area contributed by atoms with E-state index in [-0.39, 0.29) is 6.04 Å². The van der Waals surface area contributed by atoms with Crippen molar-refractivity contribution in [3.8, 4) is 39.3 Å². The molecule has 0 bridgehead atoms. The van der Waals surface area contributed by atoms with E-state index in [0.717, 1.165) is 57.1 Å². The monoisotopic (exact) mass is 604 g/mol. The SMILES string of the molecule is c1ccc(C2=NN(c3ccc(-c4cc(-c5ccccc5)[n+](-c5ccccc5)c(-c5ccccc5)c4)cc3)[C@H](c3ccccc3)C2)cc1. The molecule has 0 aliphatic carbocycles. The average Bonchev–Trinajstić information content (AvgIpc) is 3.62. The predicted molar refractivity (Wildman–Crippen MR) is 194 cm³/mol. The summed E-state index contributed by atoms with van der Waals surface area (Å²) in [6.45, 7) is 0. The average molecular weight is 605 g/mol. The standard InChI is InChI=1S/C44H34N3/c1-6-16-34(17-7-1)41-32-44(37-22-12-4-13-23-37)47(45-41)40-28-26-33(27-29-40)38-30-42(35-18-8-2-9-19-35)46(39-24-14-5-15-25-39)43(31-38)36-20-10-3-11-21-36/h1-31,44H,32H2/q+1/t44-/m0/s1. The van der Waals surface area contributed by atoms with Crippen molar-refractivity contribution in [2.45, 2.75) is 12.5 Å². The lowest BCUT2D eigenvalue weighted by Crippen LogP contribution is -2.36. The molecule has 0 saturated heterocycles. The van der Waals surface area contributed by atoms with E-state index in [1.54, 1.807) is 0 Å². The van der Waals surface area contributed by atoms with Gasteiger partial charge in [-0.3, -0.25) is 5.01 Å². The highest BCUT2D eigenvalue weighted by Gasteiger charge is 2.30. The van der Waals surface area contributed by atoms with E-state index < -0.39 is 0 Å². The zero-order valence-corrected chi connectivity index (χ0v) is 26.0. The minimum absolute atomic E-state index is 0.133. The Bertz CT molecular complexity index is 2070. The smallest absolute Gasteiger partial charge is 0.219 e. The van der Waals surface area contributed by atoms with E-state index in [4.69, 9.17) is 5.10 Å². The Morgan fingerprint density at radius 3 is 1.45 bits per heavy atom. The van der Waals surface area contributed by atoms with Crippen LogP contribution in [0.15, 0.2) is 193 Å². The van der Waals surface area contributed by atoms with Gasteiger partial charge < -0.3 is 0 Å². The van der Waals surface area contributed by atoms with Gasteiger partial charge in [0.1, 0.15) is 0 Å². The Kier molecular flexibility index (Phi) is 7.70. The summed E-state index contributed by atoms with van der Waals surface area (Å²) >= 11 is 0. The third kappa shape index (κ3) is 5.76. The highest BCUT2D eigenvalue weighted by molar-refractivity contribution is 6.03. The fourth-order valence-electron chi connectivity index (χ4n) is 6.55. The Morgan fingerprint density at radius 2 is 0.915 bits per heavy atom. The van der Waals surface area contributed by atoms with Gasteiger partial charge in [0.05, 0.1) is 17.4 Å². The summed E-state index contributed by atoms with van der Waals surface area (Å²) in [6, 6.07) is 66.9. The highest BCUT2D eigenvalue weighted by Crippen LogP contribution is 2.38. The van der Waals surface area contributed by atoms with Gasteiger partial charge in [0, 0.05) is 41.8 Å². The van der Waals surface area contributed by atoms with Gasteiger partial charge in [-0.25, -0.2) is 0 Å². The first-order valence-corrected chi connectivity index (χ1v) is 16.2. The van der Waals surface area contributed by atoms with Crippen LogP contribution in [-0.4, -0.2) is 5.71 Å². The lowest BCUT2D eigenvalue weighted by Gasteiger charge is -2.24. The maximum Gasteiger partial charge on any atom is 0.219 e. The molecule has 0 unspecified atom stereocenters. The number of para-hydroxylation sites is 1. The Hall–Kier alpha value is -6.06. The number of hydrogen-bond acceptors (Lipinski definition) is 2. The van der Waals surface area contributed by atoms with Gasteiger partial charge in [0.25, 0.3) is 0 Å². The fourth-order valence-corrected chi connectivity index (χ4v) is 6.55. The highest BCUT2D eigenvalue weighted by atomic mass is 15.5. The number of aromatic nitrogens is 1. The Morgan fingerprint density at radius 1 is 0.447 bits per heavy atom. The van der Waals surface area contributed by atoms with Crippen molar-refractivity contribution in [3.63, 3.8) is 0 Å². The van der Waals surface area contributed by atoms with Crippen LogP contribution >= 0.6 is 0 Å². The molecule has 3 heteroatoms. The van der Waals surface area contributed by atoms with Crippen LogP contribution < -0.4 is 9.58 Å². The van der Waals surface area contributed by atoms with Gasteiger partial charge in [-0.1, -0.05) is 127 Å². The summed E-state index contributed by atoms with van der Waals surface area (Å²) in [6.07, 6.45) is 0.856. The first kappa shape index (κ1) is 28.4. The third-order valence-electron chi connectivity index (χ3n) is 8.89. The molecular weight excluding hydrogens is 571 g/mol. The number of hydrogen-bond donors (Lipinski definition) is 0. The van der Waals surface area contributed by atoms with Crippen LogP contribution in [0.5, 0.6) is 0 Å². The van der Waals surface area contributed by atoms with E-state index in [1.165, 1.54) is 11.1 Å². The molecule has 0 spiro atoms. The molecule has 0 saturated carbocycles. The number of pyridine rings is 1. The van der Waals surface area contributed by atoms with Crippen LogP contribution in [0.2, 0.25) is 0 Å². The molecule has 8 rings (SSSR count). The van der Waals surface area contributed by atoms with E-state index in [1.807, 2.05) is 0 Å². The maximum absolute atomic E-state index is 5.19. The molecule has 3 nitrogen and oxygen atoms in total. The number of hydrazone groups is 1. The van der Waals surface area contributed by atoms with Crippen molar-refractivity contribution in [1.29, 1.82) is 0 Å². The van der Waals surface area contributed by atoms with Crippen LogP contribution in [0.3, 0.4) is 0 Å². The number of benzene rings is 6. The van der Waals surface area contributed by atoms with Gasteiger partial charge in [-0.05, 0) is 58.7 Å². The van der Waals surface area contributed by atoms with Crippen molar-refractivity contribution >= 4 is 11.4 Å². The van der Waals surface area contributed by atoms with E-state index in [0.29, 0.717) is 0 Å². The predicted octanol–water partition coefficient (Wildman–Crippen LogP) is 10.3. The molecule has 0 fully saturated rings. The van der Waals surface area contributed by atoms with E-state index >= 15 is 0 Å². The molecule has 47 heavy (non-hydrogen) atoms. The molecule has 1 aliphatic rings. The molecule has 1 atom stereocenters. The quantitative estimate of drug-likeness (QED) is 0.166. The van der Waals surface area contributed by atoms with Crippen molar-refractivity contribution in [2.75, 3.05) is 5.01 Å². The van der Waals surface area contributed by atoms with Crippen molar-refractivity contribution in [2.24, 2.45) is 5.10 Å². The second-order valence-electron chi connectivity index (χ2n) is 11.9. The summed E-state index contributed by atoms with van der Waals surface area (Å²) in [4.78, 5) is 0. The molecular formula is C44H34N3+. The fraction of sp³-hybridized carbons (Fsp3) is 0.0455. The van der Waals surface area contributed by atoms with Crippen molar-refractivity contribution in [3.05, 3.63) is 199 Å². The van der Waals surface area contributed by atoms with Crippen LogP contribution in [0.4, 0.5) is 5.69 Å². The molecule has 0 N–H and O–H groups in total. The van der Waals surface area contributed by atoms with Crippen LogP contribution in [0.25, 0.3) is 39.3 Å². The second kappa shape index (κ2) is 12.7. The van der Waals surface area contributed by atoms with Crippen molar-refractivity contribution < 1.29 is 4.57 Å². The first-order valence-electron chi connectivity index (χ1n) is 16.2. The summed E-state index contributed by atoms with van der Waals surface area (Å²) in [5.74, 6) is 0. The summed E-state index contributed by atoms with van der Waals surface area (Å²) in [5, 5.41) is 7.38. The van der Waals surface area contributed by atoms with Crippen molar-refractivity contribution in [1.82, 2.24) is 0 Å². The van der Waals surface area contributed by atoms with E-state index in [9.17, 15) is 0 Å². The Balaban J connectivity index is 1.25. The number of nitrogens with zero attached hydrogens (tertiary/aromatic N) is 3. The van der Waals surface area contributed by atoms with Gasteiger partial charge in [0.2, 0.25) is 17.1 Å². The van der Waals surface area contributed by atoms with Crippen LogP contribution in [0, 0.1) is 0 Å². The summed E-state index contributed by atoms with van der Waals surface area (Å²) in [5.41, 5.74) is 12.7. The van der Waals surface area contributed by atoms with Crippen LogP contribution in [0.1, 0.15) is 23.6 Å². The number of anilines is 1. The zero-order chi connectivity index (χ0) is 31.4. The first-order chi connectivity index (χ1) is 23.3. The van der Waals surface area contributed by atoms with Gasteiger partial charge in [-0.2, -0.15) is 9.67 Å². The second-order valence-corrected chi connectivity index (χ2v) is 11.9. The zero-order valence-electron chi connectivity index (χ0n) is 26.0. The molecule has 0 radical (unpaired) electrons. The molecule has 224 valence electrons. The summed E-state index contributed by atoms with van der Waals surface area (Å²) < 4.78 is 2.37. The third-order valence-corrected chi connectivity index (χ3v) is 8.89. The molecule has 0 amide bonds. The molecule has 1 aromatic heterocycles. The van der Waals surface area contributed by atoms with Gasteiger partial charge in [-0.15, -0.1) is 0 Å². The van der Waals surface area contributed by atoms with Gasteiger partial charge in [0.15, 0.2) is 0 Å². The topological polar surface area (TPSA) is 19.5 Å². The largest absolute Gasteiger partial charge is 0.257 e. The number of rotatable bonds is 7. The normalized spacial score (nSPS) is 14.2. The van der Waals surface area contributed by atoms with Gasteiger partial charge >= 0.3 is 0 Å². The van der Waals surface area contributed by atoms with Crippen LogP contribution in [-0.2, 0) is 0 Å². The Labute approximate surface area is 276 Å². The summed E-state index contributed by atoms with van der Waals surface area (Å²) in [7, 11) is 0. The molecule has 7 aromatic rings. The van der Waals surface area contributed by atoms with E-state index in [2.05, 4.69) is 198 Å². The minimum Gasteiger partial charge on any atom is -0.257 e. The molecule has 1 aliphatic heterocycles.